The Hall–Kier alpha value is -3.67. The number of benzene rings is 2. The highest BCUT2D eigenvalue weighted by Gasteiger charge is 2.35. The third kappa shape index (κ3) is 3.65. The summed E-state index contributed by atoms with van der Waals surface area (Å²) in [6.45, 7) is 5.94. The number of aromatic nitrogens is 1. The van der Waals surface area contributed by atoms with Crippen molar-refractivity contribution in [3.8, 4) is 0 Å². The van der Waals surface area contributed by atoms with Gasteiger partial charge in [-0.05, 0) is 54.4 Å². The Balaban J connectivity index is 1.32. The second-order valence-electron chi connectivity index (χ2n) is 8.08. The van der Waals surface area contributed by atoms with Crippen LogP contribution >= 0.6 is 0 Å². The molecule has 2 amide bonds. The average Bonchev–Trinajstić information content (AvgIpc) is 3.04. The molecule has 31 heavy (non-hydrogen) atoms. The zero-order valence-electron chi connectivity index (χ0n) is 17.5. The number of piperazine rings is 1. The molecule has 2 aliphatic heterocycles. The van der Waals surface area contributed by atoms with E-state index < -0.39 is 0 Å². The van der Waals surface area contributed by atoms with Crippen LogP contribution in [0.5, 0.6) is 0 Å². The van der Waals surface area contributed by atoms with Crippen molar-refractivity contribution in [2.24, 2.45) is 0 Å². The van der Waals surface area contributed by atoms with Crippen molar-refractivity contribution in [1.82, 2.24) is 9.88 Å². The van der Waals surface area contributed by atoms with Gasteiger partial charge in [0.2, 0.25) is 0 Å². The first kappa shape index (κ1) is 19.3. The molecule has 0 N–H and O–H groups in total. The van der Waals surface area contributed by atoms with E-state index in [1.54, 1.807) is 24.3 Å². The summed E-state index contributed by atoms with van der Waals surface area (Å²) in [5.74, 6) is 0.581. The van der Waals surface area contributed by atoms with Crippen molar-refractivity contribution in [3.63, 3.8) is 0 Å². The molecule has 2 aromatic carbocycles. The van der Waals surface area contributed by atoms with E-state index in [9.17, 15) is 9.59 Å². The van der Waals surface area contributed by atoms with Crippen LogP contribution in [0.3, 0.4) is 0 Å². The summed E-state index contributed by atoms with van der Waals surface area (Å²) < 4.78 is 0. The van der Waals surface area contributed by atoms with Gasteiger partial charge in [-0.15, -0.1) is 0 Å². The van der Waals surface area contributed by atoms with Crippen molar-refractivity contribution in [1.29, 1.82) is 0 Å². The van der Waals surface area contributed by atoms with E-state index >= 15 is 0 Å². The standard InChI is InChI=1S/C25H24N4O2/c1-18-14-19(17-29-24(30)21-6-2-3-7-22(21)25(29)31)16-20(15-18)27-10-12-28(13-11-27)23-8-4-5-9-26-23/h2-9,14-16H,10-13,17H2,1H3. The predicted molar refractivity (Wildman–Crippen MR) is 120 cm³/mol. The molecule has 3 aromatic rings. The normalized spacial score (nSPS) is 16.1. The maximum Gasteiger partial charge on any atom is 0.261 e. The molecule has 156 valence electrons. The lowest BCUT2D eigenvalue weighted by molar-refractivity contribution is 0.0642. The highest BCUT2D eigenvalue weighted by molar-refractivity contribution is 6.21. The fourth-order valence-electron chi connectivity index (χ4n) is 4.41. The van der Waals surface area contributed by atoms with Crippen LogP contribution in [0.1, 0.15) is 31.8 Å². The maximum absolute atomic E-state index is 12.7. The fourth-order valence-corrected chi connectivity index (χ4v) is 4.41. The number of carbonyl (C=O) groups excluding carboxylic acids is 2. The highest BCUT2D eigenvalue weighted by atomic mass is 16.2. The van der Waals surface area contributed by atoms with Crippen LogP contribution in [-0.4, -0.2) is 47.9 Å². The number of hydrogen-bond donors (Lipinski definition) is 0. The molecular formula is C25H24N4O2. The highest BCUT2D eigenvalue weighted by Crippen LogP contribution is 2.27. The van der Waals surface area contributed by atoms with Gasteiger partial charge in [0.05, 0.1) is 17.7 Å². The lowest BCUT2D eigenvalue weighted by Gasteiger charge is -2.37. The summed E-state index contributed by atoms with van der Waals surface area (Å²) in [6.07, 6.45) is 1.83. The van der Waals surface area contributed by atoms with Crippen molar-refractivity contribution in [2.75, 3.05) is 36.0 Å². The smallest absolute Gasteiger partial charge is 0.261 e. The number of anilines is 2. The molecule has 1 fully saturated rings. The second-order valence-corrected chi connectivity index (χ2v) is 8.08. The van der Waals surface area contributed by atoms with Gasteiger partial charge in [0.15, 0.2) is 0 Å². The number of amides is 2. The van der Waals surface area contributed by atoms with Crippen LogP contribution in [-0.2, 0) is 6.54 Å². The molecule has 0 atom stereocenters. The number of carbonyl (C=O) groups is 2. The van der Waals surface area contributed by atoms with E-state index in [1.807, 2.05) is 24.4 Å². The minimum Gasteiger partial charge on any atom is -0.368 e. The molecule has 0 bridgehead atoms. The lowest BCUT2D eigenvalue weighted by Crippen LogP contribution is -2.46. The van der Waals surface area contributed by atoms with Crippen molar-refractivity contribution >= 4 is 23.3 Å². The molecule has 3 heterocycles. The van der Waals surface area contributed by atoms with Crippen LogP contribution in [0, 0.1) is 6.92 Å². The van der Waals surface area contributed by atoms with Crippen LogP contribution < -0.4 is 9.80 Å². The Kier molecular flexibility index (Phi) is 4.90. The average molecular weight is 412 g/mol. The van der Waals surface area contributed by atoms with E-state index in [1.165, 1.54) is 4.90 Å². The van der Waals surface area contributed by atoms with Gasteiger partial charge in [0.1, 0.15) is 5.82 Å². The third-order valence-corrected chi connectivity index (χ3v) is 5.96. The van der Waals surface area contributed by atoms with Gasteiger partial charge < -0.3 is 9.80 Å². The first-order valence-electron chi connectivity index (χ1n) is 10.6. The molecule has 1 saturated heterocycles. The topological polar surface area (TPSA) is 56.8 Å². The molecule has 5 rings (SSSR count). The Labute approximate surface area is 181 Å². The van der Waals surface area contributed by atoms with Crippen molar-refractivity contribution < 1.29 is 9.59 Å². The summed E-state index contributed by atoms with van der Waals surface area (Å²) in [7, 11) is 0. The number of imide groups is 1. The Morgan fingerprint density at radius 1 is 0.806 bits per heavy atom. The molecule has 0 unspecified atom stereocenters. The number of fused-ring (bicyclic) bond motifs is 1. The number of hydrogen-bond acceptors (Lipinski definition) is 5. The summed E-state index contributed by atoms with van der Waals surface area (Å²) in [4.78, 5) is 35.9. The SMILES string of the molecule is Cc1cc(CN2C(=O)c3ccccc3C2=O)cc(N2CCN(c3ccccn3)CC2)c1. The zero-order valence-corrected chi connectivity index (χ0v) is 17.5. The van der Waals surface area contributed by atoms with E-state index in [-0.39, 0.29) is 18.4 Å². The van der Waals surface area contributed by atoms with Gasteiger partial charge in [0, 0.05) is 38.1 Å². The van der Waals surface area contributed by atoms with Crippen LogP contribution in [0.25, 0.3) is 0 Å². The number of pyridine rings is 1. The van der Waals surface area contributed by atoms with Crippen LogP contribution in [0.4, 0.5) is 11.5 Å². The Morgan fingerprint density at radius 2 is 1.45 bits per heavy atom. The summed E-state index contributed by atoms with van der Waals surface area (Å²) in [5, 5.41) is 0. The molecule has 0 spiro atoms. The largest absolute Gasteiger partial charge is 0.368 e. The number of aryl methyl sites for hydroxylation is 1. The van der Waals surface area contributed by atoms with Gasteiger partial charge >= 0.3 is 0 Å². The molecule has 6 nitrogen and oxygen atoms in total. The summed E-state index contributed by atoms with van der Waals surface area (Å²) in [5.41, 5.74) is 4.21. The fraction of sp³-hybridized carbons (Fsp3) is 0.240. The van der Waals surface area contributed by atoms with E-state index in [0.29, 0.717) is 11.1 Å². The lowest BCUT2D eigenvalue weighted by atomic mass is 10.1. The first-order valence-corrected chi connectivity index (χ1v) is 10.6. The van der Waals surface area contributed by atoms with Gasteiger partial charge in [-0.1, -0.05) is 24.3 Å². The molecular weight excluding hydrogens is 388 g/mol. The maximum atomic E-state index is 12.7. The van der Waals surface area contributed by atoms with Gasteiger partial charge in [-0.25, -0.2) is 4.98 Å². The van der Waals surface area contributed by atoms with Gasteiger partial charge in [0.25, 0.3) is 11.8 Å². The van der Waals surface area contributed by atoms with Gasteiger partial charge in [-0.2, -0.15) is 0 Å². The van der Waals surface area contributed by atoms with E-state index in [0.717, 1.165) is 48.8 Å². The van der Waals surface area contributed by atoms with Gasteiger partial charge in [-0.3, -0.25) is 14.5 Å². The molecule has 0 saturated carbocycles. The van der Waals surface area contributed by atoms with Crippen LogP contribution in [0.15, 0.2) is 66.9 Å². The Bertz CT molecular complexity index is 1100. The third-order valence-electron chi connectivity index (χ3n) is 5.96. The van der Waals surface area contributed by atoms with Crippen molar-refractivity contribution in [3.05, 3.63) is 89.1 Å². The monoisotopic (exact) mass is 412 g/mol. The molecule has 0 radical (unpaired) electrons. The second kappa shape index (κ2) is 7.87. The van der Waals surface area contributed by atoms with E-state index in [4.69, 9.17) is 0 Å². The summed E-state index contributed by atoms with van der Waals surface area (Å²) in [6, 6.07) is 19.3. The minimum atomic E-state index is -0.215. The molecule has 2 aliphatic rings. The molecule has 0 aliphatic carbocycles. The predicted octanol–water partition coefficient (Wildman–Crippen LogP) is 3.51. The zero-order chi connectivity index (χ0) is 21.4. The van der Waals surface area contributed by atoms with Crippen LogP contribution in [0.2, 0.25) is 0 Å². The quantitative estimate of drug-likeness (QED) is 0.614. The number of nitrogens with zero attached hydrogens (tertiary/aromatic N) is 4. The van der Waals surface area contributed by atoms with Crippen molar-refractivity contribution in [2.45, 2.75) is 13.5 Å². The van der Waals surface area contributed by atoms with E-state index in [2.05, 4.69) is 39.9 Å². The summed E-state index contributed by atoms with van der Waals surface area (Å²) >= 11 is 0. The molecule has 6 heteroatoms. The Morgan fingerprint density at radius 3 is 2.10 bits per heavy atom. The molecule has 1 aromatic heterocycles. The first-order chi connectivity index (χ1) is 15.1. The minimum absolute atomic E-state index is 0.215. The number of rotatable bonds is 4.